The first-order valence-electron chi connectivity index (χ1n) is 8.05. The Bertz CT molecular complexity index is 1200. The van der Waals surface area contributed by atoms with E-state index in [1.807, 2.05) is 12.1 Å². The topological polar surface area (TPSA) is 76.5 Å². The third-order valence-corrected chi connectivity index (χ3v) is 4.60. The molecule has 4 rings (SSSR count). The van der Waals surface area contributed by atoms with Gasteiger partial charge in [0.05, 0.1) is 10.7 Å². The highest BCUT2D eigenvalue weighted by Gasteiger charge is 2.22. The smallest absolute Gasteiger partial charge is 0.231 e. The Morgan fingerprint density at radius 3 is 2.56 bits per heavy atom. The number of phenols is 1. The van der Waals surface area contributed by atoms with Crippen molar-refractivity contribution < 1.29 is 18.7 Å². The second kappa shape index (κ2) is 6.45. The molecule has 0 radical (unpaired) electrons. The van der Waals surface area contributed by atoms with Gasteiger partial charge in [-0.2, -0.15) is 0 Å². The number of nitrogens with two attached hydrogens (primary N) is 1. The maximum Gasteiger partial charge on any atom is 0.231 e. The molecule has 6 heteroatoms. The van der Waals surface area contributed by atoms with Crippen LogP contribution in [0, 0.1) is 5.82 Å². The van der Waals surface area contributed by atoms with Crippen LogP contribution in [0.2, 0.25) is 5.02 Å². The van der Waals surface area contributed by atoms with Crippen LogP contribution in [0.5, 0.6) is 5.75 Å². The lowest BCUT2D eigenvalue weighted by Gasteiger charge is -2.02. The van der Waals surface area contributed by atoms with Gasteiger partial charge in [-0.25, -0.2) is 4.39 Å². The molecule has 0 aliphatic carbocycles. The summed E-state index contributed by atoms with van der Waals surface area (Å²) < 4.78 is 18.9. The van der Waals surface area contributed by atoms with E-state index in [0.29, 0.717) is 11.0 Å². The summed E-state index contributed by atoms with van der Waals surface area (Å²) in [5, 5.41) is 10.2. The lowest BCUT2D eigenvalue weighted by atomic mass is 10.0. The van der Waals surface area contributed by atoms with Crippen molar-refractivity contribution in [2.24, 2.45) is 0 Å². The number of ketones is 1. The van der Waals surface area contributed by atoms with Crippen molar-refractivity contribution in [3.05, 3.63) is 82.8 Å². The summed E-state index contributed by atoms with van der Waals surface area (Å²) in [5.74, 6) is -0.961. The van der Waals surface area contributed by atoms with E-state index in [-0.39, 0.29) is 27.8 Å². The minimum Gasteiger partial charge on any atom is -0.508 e. The number of phenolic OH excluding ortho intramolecular Hbond substituents is 1. The van der Waals surface area contributed by atoms with E-state index in [4.69, 9.17) is 21.8 Å². The van der Waals surface area contributed by atoms with Gasteiger partial charge in [0.25, 0.3) is 0 Å². The average Bonchev–Trinajstić information content (AvgIpc) is 2.97. The van der Waals surface area contributed by atoms with Gasteiger partial charge in [-0.05, 0) is 53.6 Å². The molecular weight excluding hydrogens is 369 g/mol. The second-order valence-corrected chi connectivity index (χ2v) is 6.47. The molecule has 1 heterocycles. The van der Waals surface area contributed by atoms with Gasteiger partial charge >= 0.3 is 0 Å². The number of aromatic hydroxyl groups is 1. The number of hydrogen-bond acceptors (Lipinski definition) is 4. The molecule has 1 aromatic heterocycles. The van der Waals surface area contributed by atoms with Gasteiger partial charge < -0.3 is 15.3 Å². The SMILES string of the molecule is Nc1c(C(=O)c2ccc(F)cc2Cl)oc2cc(-c3cccc(O)c3)ccc12. The predicted octanol–water partition coefficient (Wildman–Crippen LogP) is 5.41. The Hall–Kier alpha value is -3.31. The van der Waals surface area contributed by atoms with Crippen LogP contribution in [0.4, 0.5) is 10.1 Å². The third kappa shape index (κ3) is 3.02. The molecule has 0 fully saturated rings. The molecule has 27 heavy (non-hydrogen) atoms. The molecule has 0 unspecified atom stereocenters. The van der Waals surface area contributed by atoms with Gasteiger partial charge in [-0.15, -0.1) is 0 Å². The maximum absolute atomic E-state index is 13.2. The molecule has 0 aliphatic rings. The summed E-state index contributed by atoms with van der Waals surface area (Å²) in [6, 6.07) is 15.6. The van der Waals surface area contributed by atoms with Crippen LogP contribution in [0.15, 0.2) is 65.1 Å². The minimum absolute atomic E-state index is 0.0136. The summed E-state index contributed by atoms with van der Waals surface area (Å²) in [7, 11) is 0. The van der Waals surface area contributed by atoms with E-state index in [0.717, 1.165) is 23.3 Å². The number of hydrogen-bond donors (Lipinski definition) is 2. The van der Waals surface area contributed by atoms with Crippen molar-refractivity contribution in [3.63, 3.8) is 0 Å². The first-order chi connectivity index (χ1) is 12.9. The van der Waals surface area contributed by atoms with E-state index in [2.05, 4.69) is 0 Å². The van der Waals surface area contributed by atoms with Gasteiger partial charge in [0.15, 0.2) is 5.76 Å². The first kappa shape index (κ1) is 17.1. The molecule has 4 nitrogen and oxygen atoms in total. The fourth-order valence-electron chi connectivity index (χ4n) is 2.95. The molecule has 4 aromatic rings. The fraction of sp³-hybridized carbons (Fsp3) is 0. The Morgan fingerprint density at radius 1 is 1.04 bits per heavy atom. The van der Waals surface area contributed by atoms with Gasteiger partial charge in [0, 0.05) is 10.9 Å². The Morgan fingerprint density at radius 2 is 1.81 bits per heavy atom. The second-order valence-electron chi connectivity index (χ2n) is 6.06. The number of carbonyl (C=O) groups is 1. The molecular formula is C21H13ClFNO3. The van der Waals surface area contributed by atoms with Gasteiger partial charge in [0.1, 0.15) is 17.1 Å². The zero-order valence-electron chi connectivity index (χ0n) is 13.9. The zero-order chi connectivity index (χ0) is 19.1. The quantitative estimate of drug-likeness (QED) is 0.465. The number of furan rings is 1. The monoisotopic (exact) mass is 381 g/mol. The molecule has 3 N–H and O–H groups in total. The van der Waals surface area contributed by atoms with E-state index in [1.165, 1.54) is 6.07 Å². The van der Waals surface area contributed by atoms with Crippen molar-refractivity contribution in [2.45, 2.75) is 0 Å². The Labute approximate surface area is 158 Å². The summed E-state index contributed by atoms with van der Waals surface area (Å²) in [5.41, 5.74) is 8.42. The van der Waals surface area contributed by atoms with Gasteiger partial charge in [0.2, 0.25) is 5.78 Å². The van der Waals surface area contributed by atoms with E-state index in [9.17, 15) is 14.3 Å². The van der Waals surface area contributed by atoms with Crippen molar-refractivity contribution in [1.29, 1.82) is 0 Å². The number of benzene rings is 3. The van der Waals surface area contributed by atoms with Crippen LogP contribution in [0.3, 0.4) is 0 Å². The zero-order valence-corrected chi connectivity index (χ0v) is 14.6. The molecule has 0 aliphatic heterocycles. The Balaban J connectivity index is 1.81. The summed E-state index contributed by atoms with van der Waals surface area (Å²) in [4.78, 5) is 12.8. The van der Waals surface area contributed by atoms with Crippen LogP contribution in [0.1, 0.15) is 16.1 Å². The number of fused-ring (bicyclic) bond motifs is 1. The molecule has 0 atom stereocenters. The lowest BCUT2D eigenvalue weighted by Crippen LogP contribution is -2.04. The number of anilines is 1. The van der Waals surface area contributed by atoms with Crippen LogP contribution in [-0.2, 0) is 0 Å². The molecule has 0 amide bonds. The Kier molecular flexibility index (Phi) is 4.09. The fourth-order valence-corrected chi connectivity index (χ4v) is 3.20. The number of carbonyl (C=O) groups excluding carboxylic acids is 1. The van der Waals surface area contributed by atoms with Gasteiger partial charge in [-0.1, -0.05) is 29.8 Å². The average molecular weight is 382 g/mol. The molecule has 134 valence electrons. The lowest BCUT2D eigenvalue weighted by molar-refractivity contribution is 0.101. The summed E-state index contributed by atoms with van der Waals surface area (Å²) in [6.45, 7) is 0. The number of rotatable bonds is 3. The van der Waals surface area contributed by atoms with Crippen molar-refractivity contribution in [2.75, 3.05) is 5.73 Å². The van der Waals surface area contributed by atoms with Crippen LogP contribution < -0.4 is 5.73 Å². The highest BCUT2D eigenvalue weighted by Crippen LogP contribution is 2.34. The molecule has 0 bridgehead atoms. The maximum atomic E-state index is 13.2. The standard InChI is InChI=1S/C21H13ClFNO3/c22-17-10-13(23)5-7-15(17)20(26)21-19(24)16-6-4-12(9-18(16)27-21)11-2-1-3-14(25)8-11/h1-10,25H,24H2. The van der Waals surface area contributed by atoms with Crippen molar-refractivity contribution >= 4 is 34.0 Å². The van der Waals surface area contributed by atoms with E-state index >= 15 is 0 Å². The van der Waals surface area contributed by atoms with E-state index < -0.39 is 11.6 Å². The molecule has 0 saturated heterocycles. The summed E-state index contributed by atoms with van der Waals surface area (Å²) >= 11 is 5.98. The third-order valence-electron chi connectivity index (χ3n) is 4.29. The number of nitrogen functional groups attached to an aromatic ring is 1. The normalized spacial score (nSPS) is 11.0. The number of halogens is 2. The highest BCUT2D eigenvalue weighted by molar-refractivity contribution is 6.35. The van der Waals surface area contributed by atoms with E-state index in [1.54, 1.807) is 30.3 Å². The van der Waals surface area contributed by atoms with Crippen LogP contribution in [0.25, 0.3) is 22.1 Å². The van der Waals surface area contributed by atoms with Crippen molar-refractivity contribution in [1.82, 2.24) is 0 Å². The predicted molar refractivity (Wildman–Crippen MR) is 103 cm³/mol. The van der Waals surface area contributed by atoms with Crippen LogP contribution in [-0.4, -0.2) is 10.9 Å². The summed E-state index contributed by atoms with van der Waals surface area (Å²) in [6.07, 6.45) is 0. The molecule has 0 saturated carbocycles. The molecule has 0 spiro atoms. The highest BCUT2D eigenvalue weighted by atomic mass is 35.5. The largest absolute Gasteiger partial charge is 0.508 e. The van der Waals surface area contributed by atoms with Crippen LogP contribution >= 0.6 is 11.6 Å². The van der Waals surface area contributed by atoms with Crippen molar-refractivity contribution in [3.8, 4) is 16.9 Å². The first-order valence-corrected chi connectivity index (χ1v) is 8.43. The minimum atomic E-state index is -0.537. The molecule has 3 aromatic carbocycles. The van der Waals surface area contributed by atoms with Gasteiger partial charge in [-0.3, -0.25) is 4.79 Å².